The highest BCUT2D eigenvalue weighted by atomic mass is 14.4. The van der Waals surface area contributed by atoms with Gasteiger partial charge in [-0.25, -0.2) is 0 Å². The van der Waals surface area contributed by atoms with Gasteiger partial charge in [-0.05, 0) is 99.5 Å². The summed E-state index contributed by atoms with van der Waals surface area (Å²) in [6.07, 6.45) is 26.3. The lowest BCUT2D eigenvalue weighted by atomic mass is 9.65. The fourth-order valence-electron chi connectivity index (χ4n) is 5.62. The summed E-state index contributed by atoms with van der Waals surface area (Å²) >= 11 is 0. The lowest BCUT2D eigenvalue weighted by molar-refractivity contribution is 0.278. The van der Waals surface area contributed by atoms with E-state index in [9.17, 15) is 0 Å². The number of allylic oxidation sites excluding steroid dienone is 8. The van der Waals surface area contributed by atoms with Crippen molar-refractivity contribution in [3.05, 3.63) is 46.6 Å². The monoisotopic (exact) mass is 308 g/mol. The van der Waals surface area contributed by atoms with E-state index in [0.717, 1.165) is 5.92 Å². The largest absolute Gasteiger partial charge is 0.0839 e. The van der Waals surface area contributed by atoms with Crippen molar-refractivity contribution in [3.63, 3.8) is 0 Å². The highest BCUT2D eigenvalue weighted by molar-refractivity contribution is 5.37. The van der Waals surface area contributed by atoms with E-state index in [1.165, 1.54) is 77.0 Å². The summed E-state index contributed by atoms with van der Waals surface area (Å²) in [5, 5.41) is 0. The standard InChI is InChI=1S/C23H32/c1-23(16-7-12-20-9-3-5-14-22(20)23)17-15-19-11-6-10-18-8-2-4-13-21(18)19/h4-5,13-14,19H,2-3,6-12,15-17H2,1H3. The SMILES string of the molecule is CC1(CCC2CCCC3=C2C=CCC3)CCCC2=C1C=CCC2. The molecule has 4 aliphatic carbocycles. The van der Waals surface area contributed by atoms with Crippen molar-refractivity contribution in [2.45, 2.75) is 84.0 Å². The van der Waals surface area contributed by atoms with Crippen LogP contribution >= 0.6 is 0 Å². The summed E-state index contributed by atoms with van der Waals surface area (Å²) in [7, 11) is 0. The summed E-state index contributed by atoms with van der Waals surface area (Å²) in [5.41, 5.74) is 7.54. The number of hydrogen-bond donors (Lipinski definition) is 0. The third-order valence-corrected chi connectivity index (χ3v) is 6.97. The first-order chi connectivity index (χ1) is 11.3. The normalized spacial score (nSPS) is 33.7. The van der Waals surface area contributed by atoms with E-state index in [0.29, 0.717) is 5.41 Å². The molecule has 0 nitrogen and oxygen atoms in total. The maximum absolute atomic E-state index is 2.56. The Balaban J connectivity index is 1.50. The van der Waals surface area contributed by atoms with Gasteiger partial charge in [-0.1, -0.05) is 42.4 Å². The molecule has 0 amide bonds. The number of rotatable bonds is 3. The van der Waals surface area contributed by atoms with Crippen molar-refractivity contribution in [1.29, 1.82) is 0 Å². The van der Waals surface area contributed by atoms with Crippen LogP contribution in [0.5, 0.6) is 0 Å². The van der Waals surface area contributed by atoms with E-state index < -0.39 is 0 Å². The molecule has 0 bridgehead atoms. The van der Waals surface area contributed by atoms with Gasteiger partial charge in [0, 0.05) is 0 Å². The Morgan fingerprint density at radius 3 is 2.65 bits per heavy atom. The van der Waals surface area contributed by atoms with Crippen molar-refractivity contribution < 1.29 is 0 Å². The van der Waals surface area contributed by atoms with E-state index in [4.69, 9.17) is 0 Å². The number of hydrogen-bond acceptors (Lipinski definition) is 0. The van der Waals surface area contributed by atoms with Gasteiger partial charge in [-0.15, -0.1) is 0 Å². The molecular formula is C23H32. The van der Waals surface area contributed by atoms with Crippen LogP contribution in [0.25, 0.3) is 0 Å². The summed E-state index contributed by atoms with van der Waals surface area (Å²) in [5.74, 6) is 0.852. The molecule has 124 valence electrons. The molecule has 0 N–H and O–H groups in total. The Morgan fingerprint density at radius 2 is 1.74 bits per heavy atom. The van der Waals surface area contributed by atoms with Crippen LogP contribution in [0.4, 0.5) is 0 Å². The second kappa shape index (κ2) is 6.46. The molecule has 0 heterocycles. The highest BCUT2D eigenvalue weighted by Crippen LogP contribution is 2.49. The Morgan fingerprint density at radius 1 is 0.957 bits per heavy atom. The zero-order valence-electron chi connectivity index (χ0n) is 14.9. The van der Waals surface area contributed by atoms with Crippen molar-refractivity contribution in [2.24, 2.45) is 11.3 Å². The molecule has 0 spiro atoms. The molecule has 0 saturated heterocycles. The van der Waals surface area contributed by atoms with Crippen LogP contribution in [0, 0.1) is 11.3 Å². The lowest BCUT2D eigenvalue weighted by Gasteiger charge is -2.40. The highest BCUT2D eigenvalue weighted by Gasteiger charge is 2.34. The zero-order chi connectivity index (χ0) is 15.7. The maximum atomic E-state index is 2.56. The van der Waals surface area contributed by atoms with Crippen molar-refractivity contribution in [3.8, 4) is 0 Å². The summed E-state index contributed by atoms with van der Waals surface area (Å²) in [4.78, 5) is 0. The van der Waals surface area contributed by atoms with Crippen molar-refractivity contribution in [2.75, 3.05) is 0 Å². The molecule has 0 aromatic heterocycles. The molecule has 0 saturated carbocycles. The van der Waals surface area contributed by atoms with Crippen LogP contribution < -0.4 is 0 Å². The van der Waals surface area contributed by atoms with E-state index in [1.54, 1.807) is 22.3 Å². The van der Waals surface area contributed by atoms with E-state index >= 15 is 0 Å². The van der Waals surface area contributed by atoms with Crippen LogP contribution in [-0.4, -0.2) is 0 Å². The van der Waals surface area contributed by atoms with Crippen LogP contribution in [0.2, 0.25) is 0 Å². The average Bonchev–Trinajstić information content (AvgIpc) is 2.60. The summed E-state index contributed by atoms with van der Waals surface area (Å²) in [6.45, 7) is 2.56. The Bertz CT molecular complexity index is 583. The molecule has 0 radical (unpaired) electrons. The first-order valence-electron chi connectivity index (χ1n) is 10.0. The van der Waals surface area contributed by atoms with Gasteiger partial charge in [-0.2, -0.15) is 0 Å². The Hall–Kier alpha value is -1.04. The molecule has 0 aromatic rings. The quantitative estimate of drug-likeness (QED) is 0.524. The fourth-order valence-corrected chi connectivity index (χ4v) is 5.62. The molecule has 0 fully saturated rings. The van der Waals surface area contributed by atoms with Crippen LogP contribution in [0.3, 0.4) is 0 Å². The second-order valence-corrected chi connectivity index (χ2v) is 8.50. The predicted molar refractivity (Wildman–Crippen MR) is 99.3 cm³/mol. The van der Waals surface area contributed by atoms with Gasteiger partial charge in [0.25, 0.3) is 0 Å². The zero-order valence-corrected chi connectivity index (χ0v) is 14.9. The molecule has 0 heteroatoms. The minimum atomic E-state index is 0.459. The smallest absolute Gasteiger partial charge is 0.00755 e. The van der Waals surface area contributed by atoms with Crippen LogP contribution in [0.1, 0.15) is 84.0 Å². The molecule has 4 rings (SSSR count). The minimum Gasteiger partial charge on any atom is -0.0839 e. The maximum Gasteiger partial charge on any atom is -0.00755 e. The Kier molecular flexibility index (Phi) is 4.35. The van der Waals surface area contributed by atoms with Crippen molar-refractivity contribution >= 4 is 0 Å². The molecule has 0 aliphatic heterocycles. The van der Waals surface area contributed by atoms with Crippen LogP contribution in [-0.2, 0) is 0 Å². The fraction of sp³-hybridized carbons (Fsp3) is 0.652. The van der Waals surface area contributed by atoms with Gasteiger partial charge in [0.1, 0.15) is 0 Å². The first-order valence-corrected chi connectivity index (χ1v) is 10.0. The van der Waals surface area contributed by atoms with E-state index in [-0.39, 0.29) is 0 Å². The first kappa shape index (κ1) is 15.5. The van der Waals surface area contributed by atoms with Gasteiger partial charge in [0.2, 0.25) is 0 Å². The molecular weight excluding hydrogens is 276 g/mol. The topological polar surface area (TPSA) is 0 Å². The molecule has 0 aromatic carbocycles. The summed E-state index contributed by atoms with van der Waals surface area (Å²) in [6, 6.07) is 0. The minimum absolute atomic E-state index is 0.459. The second-order valence-electron chi connectivity index (χ2n) is 8.50. The van der Waals surface area contributed by atoms with Gasteiger partial charge in [-0.3, -0.25) is 0 Å². The van der Waals surface area contributed by atoms with E-state index in [1.807, 2.05) is 0 Å². The van der Waals surface area contributed by atoms with Gasteiger partial charge in [0.15, 0.2) is 0 Å². The van der Waals surface area contributed by atoms with E-state index in [2.05, 4.69) is 31.2 Å². The van der Waals surface area contributed by atoms with Gasteiger partial charge in [0.05, 0.1) is 0 Å². The lowest BCUT2D eigenvalue weighted by Crippen LogP contribution is -2.26. The van der Waals surface area contributed by atoms with Gasteiger partial charge >= 0.3 is 0 Å². The van der Waals surface area contributed by atoms with Crippen LogP contribution in [0.15, 0.2) is 46.6 Å². The summed E-state index contributed by atoms with van der Waals surface area (Å²) < 4.78 is 0. The molecule has 2 unspecified atom stereocenters. The predicted octanol–water partition coefficient (Wildman–Crippen LogP) is 7.05. The molecule has 4 aliphatic rings. The van der Waals surface area contributed by atoms with Crippen molar-refractivity contribution in [1.82, 2.24) is 0 Å². The molecule has 2 atom stereocenters. The molecule has 23 heavy (non-hydrogen) atoms. The van der Waals surface area contributed by atoms with Gasteiger partial charge < -0.3 is 0 Å². The Labute approximate surface area is 142 Å². The third kappa shape index (κ3) is 3.02. The third-order valence-electron chi connectivity index (χ3n) is 6.97. The average molecular weight is 309 g/mol.